The first-order chi connectivity index (χ1) is 9.10. The fourth-order valence-corrected chi connectivity index (χ4v) is 2.04. The second-order valence-electron chi connectivity index (χ2n) is 4.09. The van der Waals surface area contributed by atoms with Gasteiger partial charge in [-0.05, 0) is 35.7 Å². The van der Waals surface area contributed by atoms with E-state index in [1.165, 1.54) is 18.3 Å². The lowest BCUT2D eigenvalue weighted by atomic mass is 10.00. The van der Waals surface area contributed by atoms with Crippen LogP contribution >= 0.6 is 11.6 Å². The zero-order valence-electron chi connectivity index (χ0n) is 9.91. The minimum absolute atomic E-state index is 0.404. The van der Waals surface area contributed by atoms with Crippen molar-refractivity contribution in [3.8, 4) is 0 Å². The Morgan fingerprint density at radius 2 is 1.95 bits per heavy atom. The number of aromatic nitrogens is 1. The van der Waals surface area contributed by atoms with Crippen LogP contribution in [0.3, 0.4) is 0 Å². The van der Waals surface area contributed by atoms with E-state index in [0.29, 0.717) is 17.0 Å². The molecule has 1 heterocycles. The highest BCUT2D eigenvalue weighted by Crippen LogP contribution is 2.23. The Morgan fingerprint density at radius 1 is 1.26 bits per heavy atom. The van der Waals surface area contributed by atoms with Gasteiger partial charge in [-0.15, -0.1) is 0 Å². The van der Waals surface area contributed by atoms with E-state index in [9.17, 15) is 8.78 Å². The topological polar surface area (TPSA) is 50.9 Å². The lowest BCUT2D eigenvalue weighted by Gasteiger charge is -2.17. The summed E-state index contributed by atoms with van der Waals surface area (Å²) in [6.45, 7) is 0. The molecule has 3 N–H and O–H groups in total. The van der Waals surface area contributed by atoms with Gasteiger partial charge in [0.1, 0.15) is 11.6 Å². The zero-order chi connectivity index (χ0) is 13.8. The summed E-state index contributed by atoms with van der Waals surface area (Å²) in [4.78, 5) is 3.88. The highest BCUT2D eigenvalue weighted by atomic mass is 35.5. The van der Waals surface area contributed by atoms with Crippen molar-refractivity contribution in [1.29, 1.82) is 0 Å². The molecule has 0 bridgehead atoms. The molecule has 0 spiro atoms. The van der Waals surface area contributed by atoms with Gasteiger partial charge in [0.05, 0.1) is 11.1 Å². The first kappa shape index (κ1) is 13.9. The largest absolute Gasteiger partial charge is 0.271 e. The zero-order valence-corrected chi connectivity index (χ0v) is 10.7. The second kappa shape index (κ2) is 6.06. The van der Waals surface area contributed by atoms with Crippen molar-refractivity contribution in [3.63, 3.8) is 0 Å². The van der Waals surface area contributed by atoms with Crippen LogP contribution in [-0.2, 0) is 6.42 Å². The summed E-state index contributed by atoms with van der Waals surface area (Å²) in [5.74, 6) is 4.16. The molecule has 0 saturated heterocycles. The number of nitrogens with zero attached hydrogens (tertiary/aromatic N) is 1. The van der Waals surface area contributed by atoms with E-state index >= 15 is 0 Å². The smallest absolute Gasteiger partial charge is 0.126 e. The first-order valence-electron chi connectivity index (χ1n) is 5.60. The third kappa shape index (κ3) is 3.47. The van der Waals surface area contributed by atoms with E-state index in [0.717, 1.165) is 11.6 Å². The normalized spacial score (nSPS) is 12.4. The number of nitrogens with two attached hydrogens (primary N) is 1. The molecule has 0 fully saturated rings. The van der Waals surface area contributed by atoms with Crippen LogP contribution in [0.2, 0.25) is 5.02 Å². The molecule has 1 aromatic carbocycles. The summed E-state index contributed by atoms with van der Waals surface area (Å²) in [5, 5.41) is 0.486. The number of pyridine rings is 1. The molecule has 6 heteroatoms. The Balaban J connectivity index is 2.28. The maximum absolute atomic E-state index is 13.2. The molecule has 0 aliphatic heterocycles. The fourth-order valence-electron chi connectivity index (χ4n) is 1.84. The van der Waals surface area contributed by atoms with Crippen molar-refractivity contribution < 1.29 is 8.78 Å². The molecular weight excluding hydrogens is 272 g/mol. The van der Waals surface area contributed by atoms with Gasteiger partial charge in [0.2, 0.25) is 0 Å². The first-order valence-corrected chi connectivity index (χ1v) is 5.98. The predicted molar refractivity (Wildman–Crippen MR) is 69.4 cm³/mol. The molecule has 0 aliphatic carbocycles. The van der Waals surface area contributed by atoms with Crippen LogP contribution in [0.25, 0.3) is 0 Å². The SMILES string of the molecule is NNC(Cc1ccncc1Cl)c1cc(F)cc(F)c1. The molecule has 0 radical (unpaired) electrons. The molecule has 0 aliphatic rings. The van der Waals surface area contributed by atoms with Gasteiger partial charge in [0.15, 0.2) is 0 Å². The van der Waals surface area contributed by atoms with E-state index in [1.54, 1.807) is 12.3 Å². The number of benzene rings is 1. The predicted octanol–water partition coefficient (Wildman–Crippen LogP) is 2.76. The lowest BCUT2D eigenvalue weighted by molar-refractivity contribution is 0.530. The maximum Gasteiger partial charge on any atom is 0.126 e. The van der Waals surface area contributed by atoms with Crippen molar-refractivity contribution in [3.05, 3.63) is 64.4 Å². The molecule has 1 unspecified atom stereocenters. The molecule has 3 nitrogen and oxygen atoms in total. The van der Waals surface area contributed by atoms with Crippen LogP contribution in [0, 0.1) is 11.6 Å². The number of rotatable bonds is 4. The van der Waals surface area contributed by atoms with E-state index in [2.05, 4.69) is 10.4 Å². The number of halogens is 3. The van der Waals surface area contributed by atoms with E-state index in [1.807, 2.05) is 0 Å². The van der Waals surface area contributed by atoms with Crippen molar-refractivity contribution >= 4 is 11.6 Å². The second-order valence-corrected chi connectivity index (χ2v) is 4.50. The molecule has 0 saturated carbocycles. The van der Waals surface area contributed by atoms with Gasteiger partial charge in [-0.2, -0.15) is 0 Å². The fraction of sp³-hybridized carbons (Fsp3) is 0.154. The average Bonchev–Trinajstić information content (AvgIpc) is 2.36. The minimum Gasteiger partial charge on any atom is -0.271 e. The maximum atomic E-state index is 13.2. The van der Waals surface area contributed by atoms with Crippen molar-refractivity contribution in [1.82, 2.24) is 10.4 Å². The van der Waals surface area contributed by atoms with Gasteiger partial charge in [-0.1, -0.05) is 11.6 Å². The lowest BCUT2D eigenvalue weighted by Crippen LogP contribution is -2.29. The highest BCUT2D eigenvalue weighted by Gasteiger charge is 2.14. The van der Waals surface area contributed by atoms with Crippen LogP contribution in [0.15, 0.2) is 36.7 Å². The molecule has 1 aromatic heterocycles. The number of hydrogen-bond donors (Lipinski definition) is 2. The van der Waals surface area contributed by atoms with E-state index in [-0.39, 0.29) is 0 Å². The molecular formula is C13H12ClF2N3. The highest BCUT2D eigenvalue weighted by molar-refractivity contribution is 6.31. The summed E-state index contributed by atoms with van der Waals surface area (Å²) in [6, 6.07) is 4.59. The van der Waals surface area contributed by atoms with Crippen molar-refractivity contribution in [2.45, 2.75) is 12.5 Å². The molecule has 1 atom stereocenters. The van der Waals surface area contributed by atoms with Gasteiger partial charge in [0.25, 0.3) is 0 Å². The molecule has 2 aromatic rings. The van der Waals surface area contributed by atoms with Crippen LogP contribution in [-0.4, -0.2) is 4.98 Å². The summed E-state index contributed by atoms with van der Waals surface area (Å²) in [5.41, 5.74) is 3.76. The average molecular weight is 284 g/mol. The Labute approximate surface area is 114 Å². The van der Waals surface area contributed by atoms with E-state index in [4.69, 9.17) is 17.4 Å². The Kier molecular flexibility index (Phi) is 4.42. The summed E-state index contributed by atoms with van der Waals surface area (Å²) < 4.78 is 26.4. The molecule has 2 rings (SSSR count). The van der Waals surface area contributed by atoms with Crippen LogP contribution in [0.1, 0.15) is 17.2 Å². The summed E-state index contributed by atoms with van der Waals surface area (Å²) in [6.07, 6.45) is 3.51. The Hall–Kier alpha value is -1.56. The standard InChI is InChI=1S/C13H12ClF2N3/c14-12-7-18-2-1-8(12)5-13(19-17)9-3-10(15)6-11(16)4-9/h1-4,6-7,13,19H,5,17H2. The quantitative estimate of drug-likeness (QED) is 0.670. The van der Waals surface area contributed by atoms with Gasteiger partial charge < -0.3 is 0 Å². The monoisotopic (exact) mass is 283 g/mol. The van der Waals surface area contributed by atoms with Gasteiger partial charge >= 0.3 is 0 Å². The number of nitrogens with one attached hydrogen (secondary N) is 1. The van der Waals surface area contributed by atoms with Crippen LogP contribution in [0.5, 0.6) is 0 Å². The Bertz CT molecular complexity index is 557. The third-order valence-corrected chi connectivity index (χ3v) is 3.11. The third-order valence-electron chi connectivity index (χ3n) is 2.77. The molecule has 0 amide bonds. The van der Waals surface area contributed by atoms with Gasteiger partial charge in [-0.3, -0.25) is 16.3 Å². The molecule has 100 valence electrons. The molecule has 19 heavy (non-hydrogen) atoms. The van der Waals surface area contributed by atoms with Gasteiger partial charge in [-0.25, -0.2) is 8.78 Å². The van der Waals surface area contributed by atoms with Crippen molar-refractivity contribution in [2.75, 3.05) is 0 Å². The summed E-state index contributed by atoms with van der Waals surface area (Å²) >= 11 is 6.00. The Morgan fingerprint density at radius 3 is 2.53 bits per heavy atom. The van der Waals surface area contributed by atoms with Crippen LogP contribution < -0.4 is 11.3 Å². The van der Waals surface area contributed by atoms with Gasteiger partial charge in [0, 0.05) is 18.5 Å². The minimum atomic E-state index is -0.643. The summed E-state index contributed by atoms with van der Waals surface area (Å²) in [7, 11) is 0. The number of hydrogen-bond acceptors (Lipinski definition) is 3. The van der Waals surface area contributed by atoms with Crippen LogP contribution in [0.4, 0.5) is 8.78 Å². The number of hydrazine groups is 1. The van der Waals surface area contributed by atoms with Crippen molar-refractivity contribution in [2.24, 2.45) is 5.84 Å². The van der Waals surface area contributed by atoms with E-state index < -0.39 is 17.7 Å².